The van der Waals surface area contributed by atoms with Crippen LogP contribution in [0, 0.1) is 0 Å². The van der Waals surface area contributed by atoms with Crippen molar-refractivity contribution in [2.24, 2.45) is 0 Å². The van der Waals surface area contributed by atoms with Crippen molar-refractivity contribution in [1.29, 1.82) is 0 Å². The van der Waals surface area contributed by atoms with E-state index in [4.69, 9.17) is 4.74 Å². The number of nitrogens with one attached hydrogen (secondary N) is 1. The first-order valence-corrected chi connectivity index (χ1v) is 8.42. The largest absolute Gasteiger partial charge is 0.378 e. The molecule has 0 aromatic heterocycles. The van der Waals surface area contributed by atoms with E-state index in [-0.39, 0.29) is 18.5 Å². The van der Waals surface area contributed by atoms with Crippen LogP contribution in [0.3, 0.4) is 0 Å². The van der Waals surface area contributed by atoms with Gasteiger partial charge in [0, 0.05) is 45.0 Å². The summed E-state index contributed by atoms with van der Waals surface area (Å²) in [6.07, 6.45) is 0. The molecule has 0 atom stereocenters. The second-order valence-electron chi connectivity index (χ2n) is 5.96. The minimum absolute atomic E-state index is 0.0238. The predicted octanol–water partition coefficient (Wildman–Crippen LogP) is 0.377. The molecule has 130 valence electrons. The van der Waals surface area contributed by atoms with E-state index >= 15 is 0 Å². The minimum atomic E-state index is -0.186. The Kier molecular flexibility index (Phi) is 5.53. The fraction of sp³-hybridized carbons (Fsp3) is 0.529. The van der Waals surface area contributed by atoms with Crippen LogP contribution in [0.1, 0.15) is 0 Å². The van der Waals surface area contributed by atoms with Crippen LogP contribution in [0.25, 0.3) is 0 Å². The highest BCUT2D eigenvalue weighted by Crippen LogP contribution is 2.15. The number of para-hydroxylation sites is 1. The zero-order chi connectivity index (χ0) is 16.8. The van der Waals surface area contributed by atoms with Crippen LogP contribution in [0.5, 0.6) is 0 Å². The SMILES string of the molecule is O=C(CNC(=O)N1CCOCC1)N1CCN(c2ccccc2)CC1. The van der Waals surface area contributed by atoms with E-state index in [2.05, 4.69) is 22.3 Å². The highest BCUT2D eigenvalue weighted by Gasteiger charge is 2.22. The molecule has 1 aromatic carbocycles. The van der Waals surface area contributed by atoms with Gasteiger partial charge in [0.1, 0.15) is 0 Å². The maximum atomic E-state index is 12.3. The number of nitrogens with zero attached hydrogens (tertiary/aromatic N) is 3. The van der Waals surface area contributed by atoms with E-state index in [1.807, 2.05) is 23.1 Å². The van der Waals surface area contributed by atoms with Gasteiger partial charge in [-0.15, -0.1) is 0 Å². The predicted molar refractivity (Wildman–Crippen MR) is 91.0 cm³/mol. The first-order valence-electron chi connectivity index (χ1n) is 8.42. The van der Waals surface area contributed by atoms with Gasteiger partial charge in [-0.2, -0.15) is 0 Å². The monoisotopic (exact) mass is 332 g/mol. The molecular weight excluding hydrogens is 308 g/mol. The van der Waals surface area contributed by atoms with Crippen molar-refractivity contribution >= 4 is 17.6 Å². The van der Waals surface area contributed by atoms with E-state index < -0.39 is 0 Å². The Morgan fingerprint density at radius 2 is 1.58 bits per heavy atom. The molecule has 2 aliphatic rings. The van der Waals surface area contributed by atoms with Gasteiger partial charge in [0.05, 0.1) is 19.8 Å². The lowest BCUT2D eigenvalue weighted by Crippen LogP contribution is -2.53. The zero-order valence-electron chi connectivity index (χ0n) is 13.8. The molecule has 2 heterocycles. The van der Waals surface area contributed by atoms with E-state index in [1.54, 1.807) is 4.90 Å². The molecule has 0 spiro atoms. The molecule has 2 saturated heterocycles. The number of benzene rings is 1. The maximum absolute atomic E-state index is 12.3. The third-order valence-electron chi connectivity index (χ3n) is 4.44. The number of hydrogen-bond donors (Lipinski definition) is 1. The summed E-state index contributed by atoms with van der Waals surface area (Å²) in [5.41, 5.74) is 1.19. The third-order valence-corrected chi connectivity index (χ3v) is 4.44. The number of piperazine rings is 1. The second kappa shape index (κ2) is 8.01. The van der Waals surface area contributed by atoms with Crippen molar-refractivity contribution in [2.45, 2.75) is 0 Å². The number of hydrogen-bond acceptors (Lipinski definition) is 4. The summed E-state index contributed by atoms with van der Waals surface area (Å²) in [6, 6.07) is 10.0. The molecular formula is C17H24N4O3. The lowest BCUT2D eigenvalue weighted by molar-refractivity contribution is -0.130. The lowest BCUT2D eigenvalue weighted by atomic mass is 10.2. The molecule has 7 nitrogen and oxygen atoms in total. The Balaban J connectivity index is 1.41. The van der Waals surface area contributed by atoms with Gasteiger partial charge in [-0.25, -0.2) is 4.79 Å². The van der Waals surface area contributed by atoms with Crippen molar-refractivity contribution in [3.8, 4) is 0 Å². The average molecular weight is 332 g/mol. The number of rotatable bonds is 3. The normalized spacial score (nSPS) is 18.4. The van der Waals surface area contributed by atoms with Gasteiger partial charge in [-0.3, -0.25) is 4.79 Å². The van der Waals surface area contributed by atoms with Gasteiger partial charge >= 0.3 is 6.03 Å². The molecule has 2 aliphatic heterocycles. The van der Waals surface area contributed by atoms with E-state index in [1.165, 1.54) is 5.69 Å². The summed E-state index contributed by atoms with van der Waals surface area (Å²) in [5, 5.41) is 2.72. The van der Waals surface area contributed by atoms with Crippen molar-refractivity contribution in [3.63, 3.8) is 0 Å². The number of ether oxygens (including phenoxy) is 1. The molecule has 0 bridgehead atoms. The highest BCUT2D eigenvalue weighted by molar-refractivity contribution is 5.84. The van der Waals surface area contributed by atoms with Crippen LogP contribution in [0.2, 0.25) is 0 Å². The smallest absolute Gasteiger partial charge is 0.317 e. The summed E-state index contributed by atoms with van der Waals surface area (Å²) >= 11 is 0. The topological polar surface area (TPSA) is 65.1 Å². The van der Waals surface area contributed by atoms with Crippen molar-refractivity contribution in [3.05, 3.63) is 30.3 Å². The van der Waals surface area contributed by atoms with E-state index in [9.17, 15) is 9.59 Å². The second-order valence-corrected chi connectivity index (χ2v) is 5.96. The van der Waals surface area contributed by atoms with Crippen molar-refractivity contribution in [1.82, 2.24) is 15.1 Å². The van der Waals surface area contributed by atoms with Crippen molar-refractivity contribution < 1.29 is 14.3 Å². The standard InChI is InChI=1S/C17H24N4O3/c22-16(14-18-17(23)21-10-12-24-13-11-21)20-8-6-19(7-9-20)15-4-2-1-3-5-15/h1-5H,6-14H2,(H,18,23). The van der Waals surface area contributed by atoms with E-state index in [0.29, 0.717) is 39.4 Å². The Morgan fingerprint density at radius 1 is 0.917 bits per heavy atom. The molecule has 24 heavy (non-hydrogen) atoms. The number of amides is 3. The number of anilines is 1. The first-order chi connectivity index (χ1) is 11.7. The van der Waals surface area contributed by atoms with Crippen LogP contribution >= 0.6 is 0 Å². The number of carbonyl (C=O) groups excluding carboxylic acids is 2. The fourth-order valence-corrected chi connectivity index (χ4v) is 2.99. The quantitative estimate of drug-likeness (QED) is 0.869. The summed E-state index contributed by atoms with van der Waals surface area (Å²) < 4.78 is 5.22. The average Bonchev–Trinajstić information content (AvgIpc) is 2.67. The van der Waals surface area contributed by atoms with Gasteiger partial charge in [-0.05, 0) is 12.1 Å². The molecule has 0 aliphatic carbocycles. The molecule has 3 amide bonds. The molecule has 7 heteroatoms. The molecule has 0 radical (unpaired) electrons. The number of carbonyl (C=O) groups is 2. The van der Waals surface area contributed by atoms with Crippen LogP contribution < -0.4 is 10.2 Å². The van der Waals surface area contributed by atoms with Gasteiger partial charge < -0.3 is 24.8 Å². The number of morpholine rings is 1. The van der Waals surface area contributed by atoms with Crippen LogP contribution in [-0.4, -0.2) is 80.8 Å². The van der Waals surface area contributed by atoms with Gasteiger partial charge in [0.2, 0.25) is 5.91 Å². The molecule has 3 rings (SSSR count). The van der Waals surface area contributed by atoms with Crippen LogP contribution in [-0.2, 0) is 9.53 Å². The van der Waals surface area contributed by atoms with Crippen LogP contribution in [0.15, 0.2) is 30.3 Å². The first kappa shape index (κ1) is 16.6. The van der Waals surface area contributed by atoms with Crippen LogP contribution in [0.4, 0.5) is 10.5 Å². The molecule has 1 N–H and O–H groups in total. The minimum Gasteiger partial charge on any atom is -0.378 e. The lowest BCUT2D eigenvalue weighted by Gasteiger charge is -2.36. The highest BCUT2D eigenvalue weighted by atomic mass is 16.5. The molecule has 2 fully saturated rings. The Bertz CT molecular complexity index is 552. The van der Waals surface area contributed by atoms with Gasteiger partial charge in [0.25, 0.3) is 0 Å². The van der Waals surface area contributed by atoms with Crippen molar-refractivity contribution in [2.75, 3.05) is 63.9 Å². The Morgan fingerprint density at radius 3 is 2.25 bits per heavy atom. The summed E-state index contributed by atoms with van der Waals surface area (Å²) in [7, 11) is 0. The zero-order valence-corrected chi connectivity index (χ0v) is 13.8. The summed E-state index contributed by atoms with van der Waals surface area (Å²) in [4.78, 5) is 30.1. The molecule has 1 aromatic rings. The third kappa shape index (κ3) is 4.17. The fourth-order valence-electron chi connectivity index (χ4n) is 2.99. The summed E-state index contributed by atoms with van der Waals surface area (Å²) in [6.45, 7) is 5.32. The maximum Gasteiger partial charge on any atom is 0.317 e. The molecule has 0 unspecified atom stereocenters. The van der Waals surface area contributed by atoms with Gasteiger partial charge in [0.15, 0.2) is 0 Å². The Hall–Kier alpha value is -2.28. The number of urea groups is 1. The Labute approximate surface area is 142 Å². The van der Waals surface area contributed by atoms with Gasteiger partial charge in [-0.1, -0.05) is 18.2 Å². The molecule has 0 saturated carbocycles. The van der Waals surface area contributed by atoms with E-state index in [0.717, 1.165) is 13.1 Å². The summed E-state index contributed by atoms with van der Waals surface area (Å²) in [5.74, 6) is -0.0238.